The van der Waals surface area contributed by atoms with Crippen molar-refractivity contribution >= 4 is 19.7 Å². The van der Waals surface area contributed by atoms with Gasteiger partial charge in [0.1, 0.15) is 0 Å². The first kappa shape index (κ1) is 16.8. The Labute approximate surface area is 132 Å². The molecule has 1 atom stereocenters. The monoisotopic (exact) mass is 301 g/mol. The van der Waals surface area contributed by atoms with Gasteiger partial charge in [-0.05, 0) is 42.5 Å². The molecule has 0 saturated carbocycles. The van der Waals surface area contributed by atoms with Crippen LogP contribution in [0.15, 0.2) is 24.3 Å². The van der Waals surface area contributed by atoms with Crippen LogP contribution in [0.25, 0.3) is 11.1 Å². The van der Waals surface area contributed by atoms with Crippen LogP contribution in [0.5, 0.6) is 0 Å². The van der Waals surface area contributed by atoms with Crippen LogP contribution >= 0.6 is 8.58 Å². The lowest BCUT2D eigenvalue weighted by molar-refractivity contribution is 0.540. The van der Waals surface area contributed by atoms with E-state index >= 15 is 0 Å². The molecule has 1 radical (unpaired) electrons. The highest BCUT2D eigenvalue weighted by Crippen LogP contribution is 2.36. The highest BCUT2D eigenvalue weighted by molar-refractivity contribution is 7.58. The molecule has 0 amide bonds. The predicted molar refractivity (Wildman–Crippen MR) is 96.9 cm³/mol. The van der Waals surface area contributed by atoms with E-state index in [1.165, 1.54) is 76.8 Å². The van der Waals surface area contributed by atoms with E-state index in [9.17, 15) is 0 Å². The molecule has 0 aliphatic carbocycles. The molecular weight excluding hydrogens is 271 g/mol. The SMILES string of the molecule is CCCCCCCCCCC(C)C1=c2ccccc2=C[P]1. The number of rotatable bonds is 10. The lowest BCUT2D eigenvalue weighted by Gasteiger charge is -2.12. The van der Waals surface area contributed by atoms with E-state index in [0.29, 0.717) is 0 Å². The second kappa shape index (κ2) is 9.42. The molecule has 0 fully saturated rings. The first-order valence-corrected chi connectivity index (χ1v) is 9.79. The van der Waals surface area contributed by atoms with Crippen LogP contribution in [-0.4, -0.2) is 0 Å². The summed E-state index contributed by atoms with van der Waals surface area (Å²) in [5.41, 5.74) is 0. The molecule has 1 aromatic rings. The third-order valence-electron chi connectivity index (χ3n) is 4.54. The molecule has 0 N–H and O–H groups in total. The first-order chi connectivity index (χ1) is 10.3. The van der Waals surface area contributed by atoms with Crippen molar-refractivity contribution in [3.05, 3.63) is 34.7 Å². The summed E-state index contributed by atoms with van der Waals surface area (Å²) >= 11 is 0. The Balaban J connectivity index is 1.67. The summed E-state index contributed by atoms with van der Waals surface area (Å²) in [5, 5.41) is 4.59. The second-order valence-corrected chi connectivity index (χ2v) is 7.39. The Hall–Kier alpha value is -0.610. The molecule has 0 bridgehead atoms. The van der Waals surface area contributed by atoms with Crippen molar-refractivity contribution in [1.82, 2.24) is 0 Å². The standard InChI is InChI=1S/C20H30P/c1-3-4-5-6-7-8-9-10-13-17(2)20-19-15-12-11-14-18(19)16-21-20/h11-12,14-17H,3-10,13H2,1-2H3. The molecule has 1 aliphatic heterocycles. The van der Waals surface area contributed by atoms with Gasteiger partial charge in [0.25, 0.3) is 0 Å². The van der Waals surface area contributed by atoms with E-state index in [2.05, 4.69) is 43.9 Å². The quantitative estimate of drug-likeness (QED) is 0.386. The minimum atomic E-state index is 0.742. The molecule has 0 saturated heterocycles. The van der Waals surface area contributed by atoms with E-state index in [4.69, 9.17) is 0 Å². The maximum absolute atomic E-state index is 2.42. The van der Waals surface area contributed by atoms with Crippen molar-refractivity contribution in [3.8, 4) is 0 Å². The maximum Gasteiger partial charge on any atom is -0.0137 e. The topological polar surface area (TPSA) is 0 Å². The van der Waals surface area contributed by atoms with E-state index in [1.807, 2.05) is 0 Å². The van der Waals surface area contributed by atoms with Gasteiger partial charge in [-0.2, -0.15) is 0 Å². The summed E-state index contributed by atoms with van der Waals surface area (Å²) < 4.78 is 0. The van der Waals surface area contributed by atoms with Crippen LogP contribution in [0, 0.1) is 5.92 Å². The average molecular weight is 301 g/mol. The number of fused-ring (bicyclic) bond motifs is 1. The van der Waals surface area contributed by atoms with Crippen LogP contribution in [0.4, 0.5) is 0 Å². The zero-order valence-corrected chi connectivity index (χ0v) is 14.7. The van der Waals surface area contributed by atoms with Crippen molar-refractivity contribution in [2.75, 3.05) is 0 Å². The fourth-order valence-corrected chi connectivity index (χ4v) is 4.39. The van der Waals surface area contributed by atoms with Gasteiger partial charge in [0.2, 0.25) is 0 Å². The summed E-state index contributed by atoms with van der Waals surface area (Å²) in [5.74, 6) is 3.11. The third kappa shape index (κ3) is 5.26. The molecule has 0 spiro atoms. The Morgan fingerprint density at radius 3 is 2.33 bits per heavy atom. The number of hydrogen-bond donors (Lipinski definition) is 0. The summed E-state index contributed by atoms with van der Waals surface area (Å²) in [6.45, 7) is 4.70. The van der Waals surface area contributed by atoms with Crippen LogP contribution in [0.3, 0.4) is 0 Å². The Morgan fingerprint density at radius 2 is 1.57 bits per heavy atom. The van der Waals surface area contributed by atoms with E-state index in [1.54, 1.807) is 5.31 Å². The van der Waals surface area contributed by atoms with Gasteiger partial charge in [-0.15, -0.1) is 0 Å². The Bertz CT molecular complexity index is 529. The molecule has 1 heterocycles. The number of benzene rings is 1. The summed E-state index contributed by atoms with van der Waals surface area (Å²) in [6.07, 6.45) is 12.7. The van der Waals surface area contributed by atoms with E-state index < -0.39 is 0 Å². The maximum atomic E-state index is 2.42. The summed E-state index contributed by atoms with van der Waals surface area (Å²) in [4.78, 5) is 0. The summed E-state index contributed by atoms with van der Waals surface area (Å²) in [6, 6.07) is 8.87. The second-order valence-electron chi connectivity index (χ2n) is 6.40. The number of unbranched alkanes of at least 4 members (excludes halogenated alkanes) is 7. The molecule has 1 aromatic carbocycles. The van der Waals surface area contributed by atoms with Gasteiger partial charge in [-0.25, -0.2) is 0 Å². The van der Waals surface area contributed by atoms with Gasteiger partial charge in [0.05, 0.1) is 0 Å². The molecule has 1 heteroatoms. The lowest BCUT2D eigenvalue weighted by atomic mass is 9.99. The van der Waals surface area contributed by atoms with Gasteiger partial charge in [0.15, 0.2) is 0 Å². The normalized spacial score (nSPS) is 16.0. The van der Waals surface area contributed by atoms with Crippen LogP contribution in [0.2, 0.25) is 0 Å². The number of hydrogen-bond acceptors (Lipinski definition) is 0. The fourth-order valence-electron chi connectivity index (χ4n) is 3.17. The minimum absolute atomic E-state index is 0.742. The molecule has 0 nitrogen and oxygen atoms in total. The highest BCUT2D eigenvalue weighted by atomic mass is 31.1. The van der Waals surface area contributed by atoms with Crippen LogP contribution in [-0.2, 0) is 0 Å². The Kier molecular flexibility index (Phi) is 7.51. The van der Waals surface area contributed by atoms with Crippen molar-refractivity contribution in [1.29, 1.82) is 0 Å². The van der Waals surface area contributed by atoms with Crippen molar-refractivity contribution in [3.63, 3.8) is 0 Å². The predicted octanol–water partition coefficient (Wildman–Crippen LogP) is 5.66. The molecule has 1 unspecified atom stereocenters. The molecule has 115 valence electrons. The molecule has 0 aromatic heterocycles. The Morgan fingerprint density at radius 1 is 0.905 bits per heavy atom. The van der Waals surface area contributed by atoms with Gasteiger partial charge < -0.3 is 0 Å². The largest absolute Gasteiger partial charge is 0.0654 e. The van der Waals surface area contributed by atoms with Gasteiger partial charge in [-0.3, -0.25) is 0 Å². The molecule has 21 heavy (non-hydrogen) atoms. The van der Waals surface area contributed by atoms with Crippen LogP contribution < -0.4 is 10.4 Å². The van der Waals surface area contributed by atoms with Gasteiger partial charge in [0, 0.05) is 0 Å². The van der Waals surface area contributed by atoms with Crippen molar-refractivity contribution in [2.24, 2.45) is 5.92 Å². The van der Waals surface area contributed by atoms with Gasteiger partial charge >= 0.3 is 0 Å². The summed E-state index contributed by atoms with van der Waals surface area (Å²) in [7, 11) is 1.43. The van der Waals surface area contributed by atoms with Gasteiger partial charge in [-0.1, -0.05) is 89.5 Å². The van der Waals surface area contributed by atoms with Crippen molar-refractivity contribution in [2.45, 2.75) is 71.6 Å². The van der Waals surface area contributed by atoms with Crippen LogP contribution in [0.1, 0.15) is 71.6 Å². The smallest absolute Gasteiger partial charge is 0.0137 e. The minimum Gasteiger partial charge on any atom is -0.0654 e. The van der Waals surface area contributed by atoms with E-state index in [-0.39, 0.29) is 0 Å². The molecule has 2 rings (SSSR count). The third-order valence-corrected chi connectivity index (χ3v) is 5.90. The first-order valence-electron chi connectivity index (χ1n) is 8.83. The average Bonchev–Trinajstić information content (AvgIpc) is 2.94. The highest BCUT2D eigenvalue weighted by Gasteiger charge is 2.13. The fraction of sp³-hybridized carbons (Fsp3) is 0.600. The zero-order chi connectivity index (χ0) is 14.9. The van der Waals surface area contributed by atoms with Crippen molar-refractivity contribution < 1.29 is 0 Å². The lowest BCUT2D eigenvalue weighted by Crippen LogP contribution is -2.23. The molecule has 1 aliphatic rings. The van der Waals surface area contributed by atoms with E-state index in [0.717, 1.165) is 5.92 Å². The molecular formula is C20H30P. The zero-order valence-electron chi connectivity index (χ0n) is 13.8.